The zero-order chi connectivity index (χ0) is 16.1. The smallest absolute Gasteiger partial charge is 0.326 e. The van der Waals surface area contributed by atoms with Crippen molar-refractivity contribution in [1.82, 2.24) is 10.1 Å². The molecule has 1 aliphatic heterocycles. The molecule has 2 heterocycles. The summed E-state index contributed by atoms with van der Waals surface area (Å²) in [6, 6.07) is 0.857. The van der Waals surface area contributed by atoms with Gasteiger partial charge in [0.2, 0.25) is 11.8 Å². The Morgan fingerprint density at radius 2 is 2.27 bits per heavy atom. The molecule has 0 aliphatic carbocycles. The van der Waals surface area contributed by atoms with Crippen molar-refractivity contribution in [3.63, 3.8) is 0 Å². The van der Waals surface area contributed by atoms with E-state index in [-0.39, 0.29) is 23.3 Å². The van der Waals surface area contributed by atoms with Crippen molar-refractivity contribution in [3.05, 3.63) is 11.8 Å². The fourth-order valence-corrected chi connectivity index (χ4v) is 2.94. The predicted molar refractivity (Wildman–Crippen MR) is 79.6 cm³/mol. The van der Waals surface area contributed by atoms with E-state index in [1.54, 1.807) is 13.0 Å². The topological polar surface area (TPSA) is 113 Å². The van der Waals surface area contributed by atoms with E-state index in [4.69, 9.17) is 9.63 Å². The van der Waals surface area contributed by atoms with E-state index in [0.29, 0.717) is 31.0 Å². The number of carbonyl (C=O) groups excluding carboxylic acids is 2. The van der Waals surface area contributed by atoms with Gasteiger partial charge in [-0.2, -0.15) is 0 Å². The van der Waals surface area contributed by atoms with Crippen LogP contribution >= 0.6 is 11.8 Å². The lowest BCUT2D eigenvalue weighted by Gasteiger charge is -2.21. The van der Waals surface area contributed by atoms with Crippen molar-refractivity contribution < 1.29 is 24.0 Å². The van der Waals surface area contributed by atoms with Crippen molar-refractivity contribution >= 4 is 35.4 Å². The van der Waals surface area contributed by atoms with E-state index < -0.39 is 12.0 Å². The average Bonchev–Trinajstić information content (AvgIpc) is 3.07. The number of hydrogen-bond acceptors (Lipinski definition) is 6. The number of carbonyl (C=O) groups is 3. The van der Waals surface area contributed by atoms with Crippen molar-refractivity contribution in [2.45, 2.75) is 25.8 Å². The Morgan fingerprint density at radius 3 is 2.91 bits per heavy atom. The molecule has 2 N–H and O–H groups in total. The number of likely N-dealkylation sites (tertiary alicyclic amines) is 1. The Labute approximate surface area is 131 Å². The molecule has 1 fully saturated rings. The van der Waals surface area contributed by atoms with Gasteiger partial charge in [0, 0.05) is 12.6 Å². The van der Waals surface area contributed by atoms with Crippen molar-refractivity contribution in [3.8, 4) is 0 Å². The molecule has 120 valence electrons. The number of aliphatic carboxylic acids is 1. The van der Waals surface area contributed by atoms with Crippen LogP contribution in [0.3, 0.4) is 0 Å². The third kappa shape index (κ3) is 4.23. The summed E-state index contributed by atoms with van der Waals surface area (Å²) in [5.74, 6) is -0.429. The van der Waals surface area contributed by atoms with Gasteiger partial charge in [-0.25, -0.2) is 4.79 Å². The molecule has 1 aliphatic rings. The van der Waals surface area contributed by atoms with Gasteiger partial charge in [-0.3, -0.25) is 9.59 Å². The zero-order valence-electron chi connectivity index (χ0n) is 12.1. The largest absolute Gasteiger partial charge is 0.480 e. The number of thioether (sulfide) groups is 1. The van der Waals surface area contributed by atoms with Gasteiger partial charge in [0.25, 0.3) is 0 Å². The van der Waals surface area contributed by atoms with Crippen LogP contribution in [0, 0.1) is 6.92 Å². The van der Waals surface area contributed by atoms with Crippen LogP contribution in [0.4, 0.5) is 5.82 Å². The number of aromatic nitrogens is 1. The minimum absolute atomic E-state index is 0.0784. The molecule has 1 atom stereocenters. The molecular weight excluding hydrogens is 310 g/mol. The van der Waals surface area contributed by atoms with Crippen molar-refractivity contribution in [2.24, 2.45) is 0 Å². The first kappa shape index (κ1) is 16.3. The standard InChI is InChI=1S/C13H17N3O5S/c1-8-5-10(15-21-8)14-11(17)6-22-7-12(18)16-4-2-3-9(16)13(19)20/h5,9H,2-4,6-7H2,1H3,(H,19,20)(H,14,15,17). The van der Waals surface area contributed by atoms with Crippen LogP contribution in [-0.2, 0) is 14.4 Å². The summed E-state index contributed by atoms with van der Waals surface area (Å²) < 4.78 is 4.82. The summed E-state index contributed by atoms with van der Waals surface area (Å²) in [5.41, 5.74) is 0. The third-order valence-corrected chi connectivity index (χ3v) is 4.13. The molecule has 9 heteroatoms. The van der Waals surface area contributed by atoms with Crippen LogP contribution in [0.1, 0.15) is 18.6 Å². The van der Waals surface area contributed by atoms with Gasteiger partial charge in [-0.15, -0.1) is 11.8 Å². The number of carboxylic acids is 1. The summed E-state index contributed by atoms with van der Waals surface area (Å²) in [5, 5.41) is 15.2. The second-order valence-corrected chi connectivity index (χ2v) is 5.93. The van der Waals surface area contributed by atoms with E-state index in [0.717, 1.165) is 11.8 Å². The number of nitrogens with one attached hydrogen (secondary N) is 1. The number of aryl methyl sites for hydroxylation is 1. The highest BCUT2D eigenvalue weighted by atomic mass is 32.2. The first-order valence-electron chi connectivity index (χ1n) is 6.80. The summed E-state index contributed by atoms with van der Waals surface area (Å²) in [7, 11) is 0. The van der Waals surface area contributed by atoms with Crippen molar-refractivity contribution in [1.29, 1.82) is 0 Å². The minimum Gasteiger partial charge on any atom is -0.480 e. The van der Waals surface area contributed by atoms with Crippen molar-refractivity contribution in [2.75, 3.05) is 23.4 Å². The van der Waals surface area contributed by atoms with Crippen LogP contribution in [0.5, 0.6) is 0 Å². The Morgan fingerprint density at radius 1 is 1.50 bits per heavy atom. The maximum Gasteiger partial charge on any atom is 0.326 e. The first-order valence-corrected chi connectivity index (χ1v) is 7.96. The zero-order valence-corrected chi connectivity index (χ0v) is 12.9. The Hall–Kier alpha value is -2.03. The molecule has 0 saturated carbocycles. The quantitative estimate of drug-likeness (QED) is 0.792. The number of hydrogen-bond donors (Lipinski definition) is 2. The van der Waals surface area contributed by atoms with Gasteiger partial charge in [0.1, 0.15) is 11.8 Å². The SMILES string of the molecule is Cc1cc(NC(=O)CSCC(=O)N2CCCC2C(=O)O)no1. The fourth-order valence-electron chi connectivity index (χ4n) is 2.24. The number of amides is 2. The molecule has 2 amide bonds. The molecule has 1 aromatic heterocycles. The summed E-state index contributed by atoms with van der Waals surface area (Å²) in [6.45, 7) is 2.17. The fraction of sp³-hybridized carbons (Fsp3) is 0.538. The Bertz CT molecular complexity index is 574. The molecular formula is C13H17N3O5S. The molecule has 1 unspecified atom stereocenters. The third-order valence-electron chi connectivity index (χ3n) is 3.21. The van der Waals surface area contributed by atoms with Gasteiger partial charge >= 0.3 is 5.97 Å². The number of anilines is 1. The minimum atomic E-state index is -0.977. The highest BCUT2D eigenvalue weighted by Crippen LogP contribution is 2.19. The molecule has 0 radical (unpaired) electrons. The van der Waals surface area contributed by atoms with E-state index in [1.165, 1.54) is 4.90 Å². The molecule has 2 rings (SSSR count). The maximum atomic E-state index is 12.0. The summed E-state index contributed by atoms with van der Waals surface area (Å²) >= 11 is 1.14. The maximum absolute atomic E-state index is 12.0. The van der Waals surface area contributed by atoms with Gasteiger partial charge < -0.3 is 19.8 Å². The van der Waals surface area contributed by atoms with Gasteiger partial charge in [0.05, 0.1) is 11.5 Å². The number of carboxylic acid groups (broad SMARTS) is 1. The van der Waals surface area contributed by atoms with E-state index in [9.17, 15) is 14.4 Å². The Balaban J connectivity index is 1.72. The number of rotatable bonds is 6. The lowest BCUT2D eigenvalue weighted by molar-refractivity contribution is -0.147. The van der Waals surface area contributed by atoms with E-state index >= 15 is 0 Å². The summed E-state index contributed by atoms with van der Waals surface area (Å²) in [4.78, 5) is 36.0. The molecule has 0 bridgehead atoms. The lowest BCUT2D eigenvalue weighted by Crippen LogP contribution is -2.41. The van der Waals surface area contributed by atoms with Gasteiger partial charge in [-0.1, -0.05) is 5.16 Å². The first-order chi connectivity index (χ1) is 10.5. The summed E-state index contributed by atoms with van der Waals surface area (Å²) in [6.07, 6.45) is 1.18. The molecule has 8 nitrogen and oxygen atoms in total. The monoisotopic (exact) mass is 327 g/mol. The van der Waals surface area contributed by atoms with E-state index in [2.05, 4.69) is 10.5 Å². The normalized spacial score (nSPS) is 17.5. The van der Waals surface area contributed by atoms with Crippen LogP contribution < -0.4 is 5.32 Å². The molecule has 1 aromatic rings. The lowest BCUT2D eigenvalue weighted by atomic mass is 10.2. The van der Waals surface area contributed by atoms with Crippen LogP contribution in [-0.4, -0.2) is 57.0 Å². The molecule has 22 heavy (non-hydrogen) atoms. The van der Waals surface area contributed by atoms with Crippen LogP contribution in [0.25, 0.3) is 0 Å². The van der Waals surface area contributed by atoms with E-state index in [1.807, 2.05) is 0 Å². The average molecular weight is 327 g/mol. The van der Waals surface area contributed by atoms with Gasteiger partial charge in [0.15, 0.2) is 5.82 Å². The second-order valence-electron chi connectivity index (χ2n) is 4.95. The highest BCUT2D eigenvalue weighted by Gasteiger charge is 2.33. The molecule has 0 aromatic carbocycles. The van der Waals surface area contributed by atoms with Crippen LogP contribution in [0.15, 0.2) is 10.6 Å². The molecule has 0 spiro atoms. The Kier molecular flexibility index (Phi) is 5.42. The predicted octanol–water partition coefficient (Wildman–Crippen LogP) is 0.730. The second kappa shape index (κ2) is 7.30. The van der Waals surface area contributed by atoms with Gasteiger partial charge in [-0.05, 0) is 19.8 Å². The highest BCUT2D eigenvalue weighted by molar-refractivity contribution is 8.00. The van der Waals surface area contributed by atoms with Crippen LogP contribution in [0.2, 0.25) is 0 Å². The number of nitrogens with zero attached hydrogens (tertiary/aromatic N) is 2. The molecule has 1 saturated heterocycles.